The molecule has 0 spiro atoms. The summed E-state index contributed by atoms with van der Waals surface area (Å²) in [6.07, 6.45) is 3.04. The van der Waals surface area contributed by atoms with Gasteiger partial charge in [0.2, 0.25) is 0 Å². The molecule has 0 bridgehead atoms. The summed E-state index contributed by atoms with van der Waals surface area (Å²) >= 11 is 5.88. The van der Waals surface area contributed by atoms with Gasteiger partial charge >= 0.3 is 0 Å². The van der Waals surface area contributed by atoms with Crippen LogP contribution in [0.4, 0.5) is 5.69 Å². The van der Waals surface area contributed by atoms with Crippen LogP contribution in [0.25, 0.3) is 10.8 Å². The number of amides is 2. The lowest BCUT2D eigenvalue weighted by Crippen LogP contribution is -2.13. The number of halogens is 1. The van der Waals surface area contributed by atoms with Gasteiger partial charge in [0.25, 0.3) is 11.8 Å². The fourth-order valence-electron chi connectivity index (χ4n) is 3.09. The zero-order valence-corrected chi connectivity index (χ0v) is 17.0. The van der Waals surface area contributed by atoms with Gasteiger partial charge in [-0.05, 0) is 64.9 Å². The molecule has 4 aromatic rings. The van der Waals surface area contributed by atoms with E-state index in [0.29, 0.717) is 22.2 Å². The summed E-state index contributed by atoms with van der Waals surface area (Å²) in [7, 11) is 0. The van der Waals surface area contributed by atoms with E-state index in [4.69, 9.17) is 22.1 Å². The van der Waals surface area contributed by atoms with Crippen molar-refractivity contribution in [3.63, 3.8) is 0 Å². The first-order valence-corrected chi connectivity index (χ1v) is 9.70. The fourth-order valence-corrected chi connectivity index (χ4v) is 3.27. The highest BCUT2D eigenvalue weighted by atomic mass is 35.5. The third-order valence-electron chi connectivity index (χ3n) is 4.56. The molecule has 0 saturated heterocycles. The van der Waals surface area contributed by atoms with E-state index in [1.54, 1.807) is 36.4 Å². The molecule has 3 N–H and O–H groups in total. The molecule has 0 atom stereocenters. The van der Waals surface area contributed by atoms with Crippen LogP contribution in [0, 0.1) is 0 Å². The highest BCUT2D eigenvalue weighted by molar-refractivity contribution is 6.29. The van der Waals surface area contributed by atoms with Gasteiger partial charge in [0.05, 0.1) is 0 Å². The Morgan fingerprint density at radius 3 is 2.65 bits per heavy atom. The van der Waals surface area contributed by atoms with Crippen molar-refractivity contribution in [3.05, 3.63) is 95.0 Å². The van der Waals surface area contributed by atoms with Crippen molar-refractivity contribution in [2.45, 2.75) is 6.61 Å². The molecule has 0 radical (unpaired) electrons. The van der Waals surface area contributed by atoms with E-state index in [-0.39, 0.29) is 18.2 Å². The van der Waals surface area contributed by atoms with Crippen LogP contribution in [0.2, 0.25) is 5.15 Å². The Kier molecular flexibility index (Phi) is 5.77. The van der Waals surface area contributed by atoms with E-state index in [2.05, 4.69) is 15.3 Å². The Morgan fingerprint density at radius 2 is 1.84 bits per heavy atom. The molecule has 8 heteroatoms. The molecule has 7 nitrogen and oxygen atoms in total. The van der Waals surface area contributed by atoms with Crippen molar-refractivity contribution in [1.82, 2.24) is 9.97 Å². The molecule has 0 aliphatic carbocycles. The summed E-state index contributed by atoms with van der Waals surface area (Å²) in [5.74, 6) is -0.215. The summed E-state index contributed by atoms with van der Waals surface area (Å²) in [6.45, 7) is 0.247. The Bertz CT molecular complexity index is 1290. The molecule has 31 heavy (non-hydrogen) atoms. The van der Waals surface area contributed by atoms with Crippen molar-refractivity contribution >= 4 is 39.9 Å². The summed E-state index contributed by atoms with van der Waals surface area (Å²) in [4.78, 5) is 31.9. The minimum Gasteiger partial charge on any atom is -0.489 e. The quantitative estimate of drug-likeness (QED) is 0.444. The first-order valence-electron chi connectivity index (χ1n) is 9.33. The highest BCUT2D eigenvalue weighted by Crippen LogP contribution is 2.25. The predicted octanol–water partition coefficient (Wildman–Crippen LogP) is 4.21. The molecular formula is C23H17ClN4O3. The fraction of sp³-hybridized carbons (Fsp3) is 0.0435. The number of ether oxygens (including phenoxy) is 1. The van der Waals surface area contributed by atoms with Crippen molar-refractivity contribution in [2.75, 3.05) is 5.32 Å². The molecule has 2 aromatic heterocycles. The van der Waals surface area contributed by atoms with Crippen LogP contribution in [0.1, 0.15) is 26.4 Å². The maximum absolute atomic E-state index is 12.8. The van der Waals surface area contributed by atoms with E-state index in [9.17, 15) is 9.59 Å². The Balaban J connectivity index is 1.53. The number of anilines is 1. The lowest BCUT2D eigenvalue weighted by atomic mass is 10.0. The van der Waals surface area contributed by atoms with Crippen LogP contribution in [-0.2, 0) is 6.61 Å². The molecule has 0 aliphatic heterocycles. The zero-order valence-electron chi connectivity index (χ0n) is 16.2. The topological polar surface area (TPSA) is 107 Å². The molecule has 0 unspecified atom stereocenters. The van der Waals surface area contributed by atoms with Crippen LogP contribution < -0.4 is 15.8 Å². The highest BCUT2D eigenvalue weighted by Gasteiger charge is 2.12. The largest absolute Gasteiger partial charge is 0.489 e. The number of primary amides is 1. The maximum atomic E-state index is 12.8. The normalized spacial score (nSPS) is 10.6. The van der Waals surface area contributed by atoms with Gasteiger partial charge in [-0.3, -0.25) is 14.6 Å². The number of carbonyl (C=O) groups excluding carboxylic acids is 2. The number of hydrogen-bond acceptors (Lipinski definition) is 5. The third kappa shape index (κ3) is 4.79. The summed E-state index contributed by atoms with van der Waals surface area (Å²) in [6, 6.07) is 17.5. The molecule has 2 amide bonds. The predicted molar refractivity (Wildman–Crippen MR) is 118 cm³/mol. The molecular weight excluding hydrogens is 416 g/mol. The zero-order chi connectivity index (χ0) is 21.8. The Hall–Kier alpha value is -3.97. The summed E-state index contributed by atoms with van der Waals surface area (Å²) < 4.78 is 5.84. The first kappa shape index (κ1) is 20.3. The standard InChI is InChI=1S/C23H17ClN4O3/c24-21-12-16(7-9-27-21)28-23(30)19-3-1-2-15-11-17(4-5-18(15)19)31-13-14-6-8-26-20(10-14)22(25)29/h1-12H,13H2,(H2,25,29)(H,27,28,30). The number of nitrogens with one attached hydrogen (secondary N) is 1. The molecule has 0 saturated carbocycles. The second kappa shape index (κ2) is 8.81. The van der Waals surface area contributed by atoms with Crippen LogP contribution in [-0.4, -0.2) is 21.8 Å². The van der Waals surface area contributed by atoms with Gasteiger partial charge in [-0.25, -0.2) is 4.98 Å². The summed E-state index contributed by atoms with van der Waals surface area (Å²) in [5.41, 5.74) is 7.31. The molecule has 2 heterocycles. The molecule has 154 valence electrons. The third-order valence-corrected chi connectivity index (χ3v) is 4.77. The van der Waals surface area contributed by atoms with Crippen LogP contribution >= 0.6 is 11.6 Å². The number of fused-ring (bicyclic) bond motifs is 1. The van der Waals surface area contributed by atoms with Gasteiger partial charge in [-0.1, -0.05) is 23.7 Å². The Labute approximate surface area is 182 Å². The van der Waals surface area contributed by atoms with E-state index in [1.807, 2.05) is 24.3 Å². The average Bonchev–Trinajstić information content (AvgIpc) is 2.77. The lowest BCUT2D eigenvalue weighted by Gasteiger charge is -2.11. The second-order valence-corrected chi connectivity index (χ2v) is 7.10. The smallest absolute Gasteiger partial charge is 0.267 e. The number of aromatic nitrogens is 2. The van der Waals surface area contributed by atoms with Gasteiger partial charge in [0, 0.05) is 23.6 Å². The van der Waals surface area contributed by atoms with Crippen molar-refractivity contribution < 1.29 is 14.3 Å². The van der Waals surface area contributed by atoms with E-state index in [1.165, 1.54) is 12.4 Å². The average molecular weight is 433 g/mol. The van der Waals surface area contributed by atoms with E-state index >= 15 is 0 Å². The number of carbonyl (C=O) groups is 2. The van der Waals surface area contributed by atoms with Crippen molar-refractivity contribution in [3.8, 4) is 5.75 Å². The van der Waals surface area contributed by atoms with Gasteiger partial charge in [-0.2, -0.15) is 0 Å². The Morgan fingerprint density at radius 1 is 1.00 bits per heavy atom. The number of nitrogens with two attached hydrogens (primary N) is 1. The minimum atomic E-state index is -0.590. The molecule has 0 aliphatic rings. The number of nitrogens with zero attached hydrogens (tertiary/aromatic N) is 2. The van der Waals surface area contributed by atoms with Crippen LogP contribution in [0.15, 0.2) is 73.1 Å². The van der Waals surface area contributed by atoms with E-state index < -0.39 is 5.91 Å². The molecule has 4 rings (SSSR count). The SMILES string of the molecule is NC(=O)c1cc(COc2ccc3c(C(=O)Nc4ccnc(Cl)c4)cccc3c2)ccn1. The van der Waals surface area contributed by atoms with E-state index in [0.717, 1.165) is 16.3 Å². The number of hydrogen-bond donors (Lipinski definition) is 2. The lowest BCUT2D eigenvalue weighted by molar-refractivity contribution is 0.0993. The van der Waals surface area contributed by atoms with Crippen LogP contribution in [0.3, 0.4) is 0 Å². The molecule has 0 fully saturated rings. The monoisotopic (exact) mass is 432 g/mol. The number of benzene rings is 2. The van der Waals surface area contributed by atoms with Crippen LogP contribution in [0.5, 0.6) is 5.75 Å². The van der Waals surface area contributed by atoms with Gasteiger partial charge < -0.3 is 15.8 Å². The second-order valence-electron chi connectivity index (χ2n) is 6.71. The number of pyridine rings is 2. The molecule has 2 aromatic carbocycles. The van der Waals surface area contributed by atoms with Gasteiger partial charge in [-0.15, -0.1) is 0 Å². The summed E-state index contributed by atoms with van der Waals surface area (Å²) in [5, 5.41) is 4.77. The number of rotatable bonds is 6. The van der Waals surface area contributed by atoms with Crippen molar-refractivity contribution in [2.24, 2.45) is 5.73 Å². The minimum absolute atomic E-state index is 0.186. The van der Waals surface area contributed by atoms with Crippen molar-refractivity contribution in [1.29, 1.82) is 0 Å². The maximum Gasteiger partial charge on any atom is 0.267 e. The van der Waals surface area contributed by atoms with Gasteiger partial charge in [0.1, 0.15) is 23.2 Å². The van der Waals surface area contributed by atoms with Gasteiger partial charge in [0.15, 0.2) is 0 Å². The first-order chi connectivity index (χ1) is 15.0.